The zero-order valence-corrected chi connectivity index (χ0v) is 18.7. The van der Waals surface area contributed by atoms with Crippen LogP contribution < -0.4 is 25.8 Å². The Kier molecular flexibility index (Phi) is 6.22. The number of nitrogens with zero attached hydrogens (tertiary/aromatic N) is 3. The predicted molar refractivity (Wildman–Crippen MR) is 128 cm³/mol. The molecule has 0 spiro atoms. The van der Waals surface area contributed by atoms with Crippen LogP contribution in [0.25, 0.3) is 22.0 Å². The van der Waals surface area contributed by atoms with Crippen LogP contribution >= 0.6 is 0 Å². The third kappa shape index (κ3) is 4.29. The Morgan fingerprint density at radius 2 is 1.82 bits per heavy atom. The summed E-state index contributed by atoms with van der Waals surface area (Å²) in [5.74, 6) is -0.503. The van der Waals surface area contributed by atoms with Crippen molar-refractivity contribution in [3.63, 3.8) is 0 Å². The minimum absolute atomic E-state index is 0.191. The summed E-state index contributed by atoms with van der Waals surface area (Å²) in [7, 11) is 4.55. The molecule has 0 saturated heterocycles. The van der Waals surface area contributed by atoms with Crippen LogP contribution in [0.3, 0.4) is 0 Å². The monoisotopic (exact) mass is 458 g/mol. The van der Waals surface area contributed by atoms with E-state index in [2.05, 4.69) is 25.6 Å². The van der Waals surface area contributed by atoms with Crippen LogP contribution in [0.1, 0.15) is 20.7 Å². The Morgan fingerprint density at radius 1 is 1.00 bits per heavy atom. The number of pyridine rings is 1. The minimum Gasteiger partial charge on any atom is -0.480 e. The zero-order valence-electron chi connectivity index (χ0n) is 18.7. The highest BCUT2D eigenvalue weighted by Crippen LogP contribution is 2.34. The molecule has 172 valence electrons. The number of nitrogens with one attached hydrogen (secondary N) is 2. The molecule has 0 fully saturated rings. The molecule has 2 amide bonds. The number of rotatable bonds is 7. The Labute approximate surface area is 195 Å². The van der Waals surface area contributed by atoms with E-state index in [1.54, 1.807) is 37.5 Å². The van der Waals surface area contributed by atoms with Gasteiger partial charge >= 0.3 is 6.01 Å². The molecule has 0 aliphatic rings. The molecule has 0 atom stereocenters. The normalized spacial score (nSPS) is 10.6. The van der Waals surface area contributed by atoms with Crippen LogP contribution in [0.15, 0.2) is 54.9 Å². The highest BCUT2D eigenvalue weighted by atomic mass is 16.5. The van der Waals surface area contributed by atoms with E-state index in [-0.39, 0.29) is 17.5 Å². The average molecular weight is 458 g/mol. The topological polar surface area (TPSA) is 141 Å². The van der Waals surface area contributed by atoms with Crippen molar-refractivity contribution in [2.24, 2.45) is 5.73 Å². The summed E-state index contributed by atoms with van der Waals surface area (Å²) in [5.41, 5.74) is 9.42. The van der Waals surface area contributed by atoms with Crippen LogP contribution in [0.4, 0.5) is 11.4 Å². The van der Waals surface area contributed by atoms with Crippen molar-refractivity contribution in [3.05, 3.63) is 66.0 Å². The maximum Gasteiger partial charge on any atom is 0.319 e. The minimum atomic E-state index is -0.631. The number of hydrogen-bond acceptors (Lipinski definition) is 8. The van der Waals surface area contributed by atoms with Crippen molar-refractivity contribution in [1.29, 1.82) is 0 Å². The number of benzene rings is 2. The number of methoxy groups -OCH3 is 2. The van der Waals surface area contributed by atoms with Gasteiger partial charge in [0.15, 0.2) is 0 Å². The summed E-state index contributed by atoms with van der Waals surface area (Å²) in [5, 5.41) is 6.48. The smallest absolute Gasteiger partial charge is 0.319 e. The van der Waals surface area contributed by atoms with Gasteiger partial charge in [0.2, 0.25) is 5.88 Å². The van der Waals surface area contributed by atoms with Gasteiger partial charge in [-0.3, -0.25) is 14.6 Å². The van der Waals surface area contributed by atoms with E-state index >= 15 is 0 Å². The Morgan fingerprint density at radius 3 is 2.53 bits per heavy atom. The second-order valence-electron chi connectivity index (χ2n) is 7.21. The number of hydrogen-bond donors (Lipinski definition) is 3. The fraction of sp³-hybridized carbons (Fsp3) is 0.125. The van der Waals surface area contributed by atoms with E-state index in [1.165, 1.54) is 20.4 Å². The van der Waals surface area contributed by atoms with Gasteiger partial charge in [0, 0.05) is 36.1 Å². The van der Waals surface area contributed by atoms with Gasteiger partial charge < -0.3 is 25.8 Å². The molecule has 2 aromatic heterocycles. The van der Waals surface area contributed by atoms with Crippen molar-refractivity contribution < 1.29 is 19.1 Å². The van der Waals surface area contributed by atoms with Gasteiger partial charge in [0.05, 0.1) is 36.6 Å². The summed E-state index contributed by atoms with van der Waals surface area (Å²) >= 11 is 0. The quantitative estimate of drug-likeness (QED) is 0.384. The number of anilines is 2. The van der Waals surface area contributed by atoms with E-state index in [9.17, 15) is 9.59 Å². The van der Waals surface area contributed by atoms with E-state index in [0.717, 1.165) is 5.56 Å². The van der Waals surface area contributed by atoms with Crippen LogP contribution in [0.2, 0.25) is 0 Å². The summed E-state index contributed by atoms with van der Waals surface area (Å²) in [6.45, 7) is 0. The maximum absolute atomic E-state index is 12.1. The molecule has 10 heteroatoms. The molecule has 34 heavy (non-hydrogen) atoms. The number of primary amides is 1. The largest absolute Gasteiger partial charge is 0.480 e. The van der Waals surface area contributed by atoms with Crippen molar-refractivity contribution in [2.45, 2.75) is 0 Å². The van der Waals surface area contributed by atoms with Crippen LogP contribution in [-0.4, -0.2) is 48.0 Å². The van der Waals surface area contributed by atoms with Crippen molar-refractivity contribution in [2.75, 3.05) is 26.6 Å². The van der Waals surface area contributed by atoms with Gasteiger partial charge in [-0.05, 0) is 29.8 Å². The molecule has 4 aromatic rings. The van der Waals surface area contributed by atoms with Gasteiger partial charge in [0.1, 0.15) is 0 Å². The van der Waals surface area contributed by atoms with E-state index in [4.69, 9.17) is 15.2 Å². The number of nitrogens with two attached hydrogens (primary N) is 1. The number of fused-ring (bicyclic) bond motifs is 1. The molecular formula is C24H22N6O4. The molecule has 0 aliphatic heterocycles. The molecule has 4 rings (SSSR count). The van der Waals surface area contributed by atoms with Gasteiger partial charge in [-0.15, -0.1) is 0 Å². The number of aromatic nitrogens is 3. The van der Waals surface area contributed by atoms with Crippen LogP contribution in [0, 0.1) is 0 Å². The molecule has 0 aliphatic carbocycles. The number of ether oxygens (including phenoxy) is 2. The first-order chi connectivity index (χ1) is 16.4. The number of amides is 2. The van der Waals surface area contributed by atoms with Crippen molar-refractivity contribution in [1.82, 2.24) is 20.3 Å². The van der Waals surface area contributed by atoms with Gasteiger partial charge in [0.25, 0.3) is 11.8 Å². The standard InChI is InChI=1S/C24H22N6O4/c1-26-22(32)14-5-4-6-15(9-14)29-20-16-8-7-13(10-19(16)27-12-18(20)21(25)31)17-11-28-24(34-3)30-23(17)33-2/h4-12H,1-3H3,(H2,25,31)(H,26,32)(H,27,29). The highest BCUT2D eigenvalue weighted by molar-refractivity contribution is 6.08. The summed E-state index contributed by atoms with van der Waals surface area (Å²) in [6.07, 6.45) is 3.02. The van der Waals surface area contributed by atoms with Gasteiger partial charge in [-0.25, -0.2) is 4.98 Å². The molecule has 10 nitrogen and oxygen atoms in total. The SMILES string of the molecule is CNC(=O)c1cccc(Nc2c(C(N)=O)cnc3cc(-c4cnc(OC)nc4OC)ccc23)c1. The van der Waals surface area contributed by atoms with E-state index < -0.39 is 5.91 Å². The second-order valence-corrected chi connectivity index (χ2v) is 7.21. The van der Waals surface area contributed by atoms with Gasteiger partial charge in [-0.2, -0.15) is 4.98 Å². The molecule has 0 bridgehead atoms. The molecule has 0 unspecified atom stereocenters. The van der Waals surface area contributed by atoms with E-state index in [0.29, 0.717) is 39.3 Å². The van der Waals surface area contributed by atoms with Gasteiger partial charge in [-0.1, -0.05) is 18.2 Å². The Balaban J connectivity index is 1.82. The molecule has 0 saturated carbocycles. The lowest BCUT2D eigenvalue weighted by atomic mass is 10.0. The average Bonchev–Trinajstić information content (AvgIpc) is 2.87. The molecule has 4 N–H and O–H groups in total. The first-order valence-corrected chi connectivity index (χ1v) is 10.2. The summed E-state index contributed by atoms with van der Waals surface area (Å²) in [6, 6.07) is 12.6. The van der Waals surface area contributed by atoms with Crippen LogP contribution in [0.5, 0.6) is 11.9 Å². The fourth-order valence-corrected chi connectivity index (χ4v) is 3.51. The second kappa shape index (κ2) is 9.41. The lowest BCUT2D eigenvalue weighted by molar-refractivity contribution is 0.0961. The molecule has 2 heterocycles. The van der Waals surface area contributed by atoms with E-state index in [1.807, 2.05) is 18.2 Å². The lowest BCUT2D eigenvalue weighted by Crippen LogP contribution is -2.18. The van der Waals surface area contributed by atoms with Crippen molar-refractivity contribution in [3.8, 4) is 23.0 Å². The molecular weight excluding hydrogens is 436 g/mol. The Hall–Kier alpha value is -4.73. The summed E-state index contributed by atoms with van der Waals surface area (Å²) in [4.78, 5) is 37.0. The number of carbonyl (C=O) groups excluding carboxylic acids is 2. The third-order valence-corrected chi connectivity index (χ3v) is 5.17. The van der Waals surface area contributed by atoms with Crippen LogP contribution in [-0.2, 0) is 0 Å². The van der Waals surface area contributed by atoms with Crippen molar-refractivity contribution >= 4 is 34.1 Å². The first kappa shape index (κ1) is 22.5. The number of carbonyl (C=O) groups is 2. The summed E-state index contributed by atoms with van der Waals surface area (Å²) < 4.78 is 10.5. The predicted octanol–water partition coefficient (Wildman–Crippen LogP) is 2.91. The first-order valence-electron chi connectivity index (χ1n) is 10.2. The Bertz CT molecular complexity index is 1410. The molecule has 2 aromatic carbocycles. The maximum atomic E-state index is 12.1. The lowest BCUT2D eigenvalue weighted by Gasteiger charge is -2.15. The third-order valence-electron chi connectivity index (χ3n) is 5.17. The highest BCUT2D eigenvalue weighted by Gasteiger charge is 2.17. The zero-order chi connectivity index (χ0) is 24.2. The fourth-order valence-electron chi connectivity index (χ4n) is 3.51. The molecule has 0 radical (unpaired) electrons.